The maximum Gasteiger partial charge on any atom is 0.196 e. The molecule has 0 N–H and O–H groups in total. The van der Waals surface area contributed by atoms with Gasteiger partial charge < -0.3 is 4.55 Å². The first-order valence-electron chi connectivity index (χ1n) is 7.16. The van der Waals surface area contributed by atoms with Gasteiger partial charge in [-0.25, -0.2) is 0 Å². The molecule has 3 aromatic carbocycles. The smallest absolute Gasteiger partial charge is 0.196 e. The number of hydrogen-bond donors (Lipinski definition) is 0. The van der Waals surface area contributed by atoms with Gasteiger partial charge in [-0.2, -0.15) is 0 Å². The Morgan fingerprint density at radius 3 is 2.26 bits per heavy atom. The zero-order valence-electron chi connectivity index (χ0n) is 12.1. The van der Waals surface area contributed by atoms with E-state index in [1.807, 2.05) is 66.7 Å². The van der Waals surface area contributed by atoms with Crippen molar-refractivity contribution in [1.82, 2.24) is 0 Å². The first-order valence-corrected chi connectivity index (χ1v) is 9.13. The summed E-state index contributed by atoms with van der Waals surface area (Å²) < 4.78 is 14.6. The van der Waals surface area contributed by atoms with Gasteiger partial charge in [0.2, 0.25) is 0 Å². The van der Waals surface area contributed by atoms with Crippen LogP contribution < -0.4 is 5.43 Å². The number of benzene rings is 3. The molecule has 0 aliphatic rings. The molecule has 0 aliphatic heterocycles. The van der Waals surface area contributed by atoms with E-state index in [0.717, 1.165) is 14.3 Å². The summed E-state index contributed by atoms with van der Waals surface area (Å²) in [6.07, 6.45) is 0. The Morgan fingerprint density at radius 2 is 1.43 bits per heavy atom. The van der Waals surface area contributed by atoms with E-state index in [9.17, 15) is 9.35 Å². The molecule has 0 radical (unpaired) electrons. The molecule has 1 atom stereocenters. The van der Waals surface area contributed by atoms with Gasteiger partial charge in [-0.15, -0.1) is 11.3 Å². The summed E-state index contributed by atoms with van der Waals surface area (Å²) in [4.78, 5) is 14.1. The summed E-state index contributed by atoms with van der Waals surface area (Å²) in [5.41, 5.74) is 0.00117. The summed E-state index contributed by atoms with van der Waals surface area (Å²) in [7, 11) is 0. The minimum absolute atomic E-state index is 0.00117. The second-order valence-corrected chi connectivity index (χ2v) is 7.73. The molecule has 4 aromatic rings. The molecule has 0 aliphatic carbocycles. The molecule has 1 heterocycles. The molecule has 0 fully saturated rings. The topological polar surface area (TPSA) is 40.1 Å². The summed E-state index contributed by atoms with van der Waals surface area (Å²) in [5, 5.41) is 1.35. The Labute approximate surface area is 140 Å². The Bertz CT molecular complexity index is 1060. The van der Waals surface area contributed by atoms with Crippen molar-refractivity contribution in [3.8, 4) is 0 Å². The van der Waals surface area contributed by atoms with Crippen molar-refractivity contribution in [3.63, 3.8) is 0 Å². The Balaban J connectivity index is 1.92. The fourth-order valence-corrected chi connectivity index (χ4v) is 4.72. The van der Waals surface area contributed by atoms with Crippen molar-refractivity contribution >= 4 is 42.7 Å². The Kier molecular flexibility index (Phi) is 3.65. The molecule has 4 rings (SSSR count). The fraction of sp³-hybridized carbons (Fsp3) is 0. The van der Waals surface area contributed by atoms with E-state index in [2.05, 4.69) is 0 Å². The summed E-state index contributed by atoms with van der Waals surface area (Å²) >= 11 is 0.304. The van der Waals surface area contributed by atoms with Crippen molar-refractivity contribution in [3.05, 3.63) is 83.0 Å². The molecule has 2 nitrogen and oxygen atoms in total. The van der Waals surface area contributed by atoms with Crippen molar-refractivity contribution in [2.75, 3.05) is 0 Å². The summed E-state index contributed by atoms with van der Waals surface area (Å²) in [6, 6.07) is 22.4. The van der Waals surface area contributed by atoms with Crippen LogP contribution in [0.25, 0.3) is 20.2 Å². The number of hydrogen-bond acceptors (Lipinski definition) is 3. The highest BCUT2D eigenvalue weighted by molar-refractivity contribution is 7.91. The largest absolute Gasteiger partial charge is 0.606 e. The predicted molar refractivity (Wildman–Crippen MR) is 96.7 cm³/mol. The van der Waals surface area contributed by atoms with E-state index < -0.39 is 11.2 Å². The average Bonchev–Trinajstić information content (AvgIpc) is 2.62. The van der Waals surface area contributed by atoms with Crippen LogP contribution in [-0.2, 0) is 11.2 Å². The minimum Gasteiger partial charge on any atom is -0.606 e. The van der Waals surface area contributed by atoms with Crippen LogP contribution in [0.2, 0.25) is 0 Å². The lowest BCUT2D eigenvalue weighted by Gasteiger charge is -2.10. The minimum atomic E-state index is -1.28. The highest BCUT2D eigenvalue weighted by Crippen LogP contribution is 2.28. The van der Waals surface area contributed by atoms with Crippen LogP contribution >= 0.6 is 11.3 Å². The molecule has 112 valence electrons. The maximum atomic E-state index is 12.7. The van der Waals surface area contributed by atoms with Crippen LogP contribution in [0.1, 0.15) is 0 Å². The van der Waals surface area contributed by atoms with Crippen LogP contribution in [0.4, 0.5) is 0 Å². The third-order valence-corrected chi connectivity index (χ3v) is 6.25. The van der Waals surface area contributed by atoms with Crippen LogP contribution in [0.5, 0.6) is 0 Å². The van der Waals surface area contributed by atoms with Crippen LogP contribution in [0.15, 0.2) is 87.4 Å². The first kappa shape index (κ1) is 14.5. The van der Waals surface area contributed by atoms with Gasteiger partial charge in [-0.05, 0) is 36.4 Å². The van der Waals surface area contributed by atoms with Gasteiger partial charge in [0, 0.05) is 37.4 Å². The highest BCUT2D eigenvalue weighted by Gasteiger charge is 2.16. The molecule has 0 spiro atoms. The first-order chi connectivity index (χ1) is 11.2. The molecule has 1 aromatic heterocycles. The molecule has 0 saturated heterocycles. The quantitative estimate of drug-likeness (QED) is 0.397. The summed E-state index contributed by atoms with van der Waals surface area (Å²) in [5.74, 6) is 0. The second-order valence-electron chi connectivity index (χ2n) is 5.17. The Morgan fingerprint density at radius 1 is 0.739 bits per heavy atom. The van der Waals surface area contributed by atoms with E-state index in [0.29, 0.717) is 15.7 Å². The van der Waals surface area contributed by atoms with Crippen molar-refractivity contribution in [2.24, 2.45) is 0 Å². The molecule has 0 saturated carbocycles. The number of rotatable bonds is 2. The fourth-order valence-electron chi connectivity index (χ4n) is 2.58. The Hall–Kier alpha value is -2.14. The molecule has 23 heavy (non-hydrogen) atoms. The van der Waals surface area contributed by atoms with Crippen molar-refractivity contribution in [1.29, 1.82) is 0 Å². The van der Waals surface area contributed by atoms with Gasteiger partial charge in [0.05, 0.1) is 0 Å². The predicted octanol–water partition coefficient (Wildman–Crippen LogP) is 4.58. The van der Waals surface area contributed by atoms with Gasteiger partial charge in [0.15, 0.2) is 15.2 Å². The van der Waals surface area contributed by atoms with E-state index >= 15 is 0 Å². The standard InChI is InChI=1S/C19H12O2S2/c20-19-15-8-4-5-9-17(15)22-18-11-10-14(12-16(18)19)23(21)13-6-2-1-3-7-13/h1-12H. The SMILES string of the molecule is O=c1c2ccccc2sc2ccc([S+]([O-])c3ccccc3)cc12. The molecule has 1 unspecified atom stereocenters. The van der Waals surface area contributed by atoms with Crippen LogP contribution in [-0.4, -0.2) is 4.55 Å². The lowest BCUT2D eigenvalue weighted by atomic mass is 10.2. The van der Waals surface area contributed by atoms with Gasteiger partial charge in [0.25, 0.3) is 0 Å². The third kappa shape index (κ3) is 2.55. The van der Waals surface area contributed by atoms with Crippen LogP contribution in [0, 0.1) is 0 Å². The lowest BCUT2D eigenvalue weighted by Crippen LogP contribution is -2.05. The van der Waals surface area contributed by atoms with Crippen LogP contribution in [0.3, 0.4) is 0 Å². The zero-order chi connectivity index (χ0) is 15.8. The summed E-state index contributed by atoms with van der Waals surface area (Å²) in [6.45, 7) is 0. The average molecular weight is 336 g/mol. The lowest BCUT2D eigenvalue weighted by molar-refractivity contribution is 0.595. The zero-order valence-corrected chi connectivity index (χ0v) is 13.7. The van der Waals surface area contributed by atoms with Gasteiger partial charge in [-0.1, -0.05) is 30.3 Å². The van der Waals surface area contributed by atoms with Crippen molar-refractivity contribution < 1.29 is 4.55 Å². The molecular weight excluding hydrogens is 324 g/mol. The number of fused-ring (bicyclic) bond motifs is 2. The molecule has 0 bridgehead atoms. The van der Waals surface area contributed by atoms with Crippen molar-refractivity contribution in [2.45, 2.75) is 9.79 Å². The van der Waals surface area contributed by atoms with Gasteiger partial charge in [-0.3, -0.25) is 4.79 Å². The molecular formula is C19H12O2S2. The van der Waals surface area contributed by atoms with Gasteiger partial charge >= 0.3 is 0 Å². The maximum absolute atomic E-state index is 12.7. The molecule has 4 heteroatoms. The molecule has 0 amide bonds. The van der Waals surface area contributed by atoms with E-state index in [4.69, 9.17) is 0 Å². The van der Waals surface area contributed by atoms with E-state index in [1.165, 1.54) is 0 Å². The monoisotopic (exact) mass is 336 g/mol. The highest BCUT2D eigenvalue weighted by atomic mass is 32.2. The third-order valence-electron chi connectivity index (χ3n) is 3.72. The van der Waals surface area contributed by atoms with Gasteiger partial charge in [0.1, 0.15) is 0 Å². The normalized spacial score (nSPS) is 12.6. The van der Waals surface area contributed by atoms with E-state index in [1.54, 1.807) is 17.4 Å². The van der Waals surface area contributed by atoms with E-state index in [-0.39, 0.29) is 5.43 Å². The second kappa shape index (κ2) is 5.81.